The Morgan fingerprint density at radius 1 is 1.37 bits per heavy atom. The van der Waals surface area contributed by atoms with Gasteiger partial charge in [-0.1, -0.05) is 18.6 Å². The highest BCUT2D eigenvalue weighted by molar-refractivity contribution is 5.79. The molecule has 1 heterocycles. The van der Waals surface area contributed by atoms with Gasteiger partial charge in [-0.25, -0.2) is 4.79 Å². The maximum atomic E-state index is 11.8. The van der Waals surface area contributed by atoms with Crippen LogP contribution >= 0.6 is 0 Å². The molecule has 1 aromatic heterocycles. The first-order chi connectivity index (χ1) is 8.90. The molecule has 0 saturated carbocycles. The highest BCUT2D eigenvalue weighted by Crippen LogP contribution is 2.23. The summed E-state index contributed by atoms with van der Waals surface area (Å²) in [6.07, 6.45) is -1.27. The van der Waals surface area contributed by atoms with E-state index in [9.17, 15) is 14.7 Å². The molecular formula is C14H15NO4. The van der Waals surface area contributed by atoms with Crippen molar-refractivity contribution in [3.63, 3.8) is 0 Å². The van der Waals surface area contributed by atoms with E-state index in [-0.39, 0.29) is 5.56 Å². The molecule has 0 aliphatic heterocycles. The molecule has 1 aromatic carbocycles. The molecular weight excluding hydrogens is 246 g/mol. The highest BCUT2D eigenvalue weighted by Gasteiger charge is 2.24. The van der Waals surface area contributed by atoms with E-state index in [1.54, 1.807) is 6.07 Å². The van der Waals surface area contributed by atoms with Crippen LogP contribution in [0.2, 0.25) is 0 Å². The predicted molar refractivity (Wildman–Crippen MR) is 70.5 cm³/mol. The normalized spacial score (nSPS) is 14.3. The van der Waals surface area contributed by atoms with Crippen molar-refractivity contribution in [1.29, 1.82) is 0 Å². The lowest BCUT2D eigenvalue weighted by molar-refractivity contribution is -0.124. The van der Waals surface area contributed by atoms with Crippen LogP contribution in [0.5, 0.6) is 0 Å². The Labute approximate surface area is 109 Å². The molecule has 2 atom stereocenters. The van der Waals surface area contributed by atoms with Crippen LogP contribution < -0.4 is 11.4 Å². The van der Waals surface area contributed by atoms with Gasteiger partial charge in [-0.05, 0) is 25.1 Å². The number of aryl methyl sites for hydroxylation is 1. The number of aliphatic hydroxyl groups excluding tert-OH is 1. The quantitative estimate of drug-likeness (QED) is 0.813. The number of amides is 1. The van der Waals surface area contributed by atoms with Crippen molar-refractivity contribution in [2.45, 2.75) is 20.0 Å². The smallest absolute Gasteiger partial charge is 0.342 e. The minimum absolute atomic E-state index is 0.0457. The first kappa shape index (κ1) is 13.3. The van der Waals surface area contributed by atoms with Gasteiger partial charge in [0.2, 0.25) is 5.91 Å². The van der Waals surface area contributed by atoms with Gasteiger partial charge in [0.15, 0.2) is 0 Å². The van der Waals surface area contributed by atoms with Crippen LogP contribution in [0.1, 0.15) is 24.2 Å². The number of fused-ring (bicyclic) bond motifs is 1. The maximum Gasteiger partial charge on any atom is 0.342 e. The van der Waals surface area contributed by atoms with E-state index in [2.05, 4.69) is 0 Å². The summed E-state index contributed by atoms with van der Waals surface area (Å²) in [6, 6.07) is 6.90. The zero-order valence-corrected chi connectivity index (χ0v) is 10.7. The van der Waals surface area contributed by atoms with Gasteiger partial charge >= 0.3 is 5.63 Å². The molecule has 5 heteroatoms. The molecule has 2 rings (SSSR count). The van der Waals surface area contributed by atoms with E-state index in [0.29, 0.717) is 11.0 Å². The van der Waals surface area contributed by atoms with Crippen molar-refractivity contribution in [1.82, 2.24) is 0 Å². The first-order valence-electron chi connectivity index (χ1n) is 5.92. The summed E-state index contributed by atoms with van der Waals surface area (Å²) in [7, 11) is 0. The van der Waals surface area contributed by atoms with Crippen molar-refractivity contribution < 1.29 is 14.3 Å². The first-order valence-corrected chi connectivity index (χ1v) is 5.92. The van der Waals surface area contributed by atoms with Crippen LogP contribution in [-0.2, 0) is 4.79 Å². The number of carbonyl (C=O) groups excluding carboxylic acids is 1. The minimum Gasteiger partial charge on any atom is -0.422 e. The van der Waals surface area contributed by atoms with Gasteiger partial charge in [0.05, 0.1) is 17.6 Å². The predicted octanol–water partition coefficient (Wildman–Crippen LogP) is 1.26. The number of hydrogen-bond donors (Lipinski definition) is 2. The third-order valence-electron chi connectivity index (χ3n) is 3.16. The van der Waals surface area contributed by atoms with E-state index >= 15 is 0 Å². The van der Waals surface area contributed by atoms with E-state index in [1.165, 1.54) is 13.0 Å². The van der Waals surface area contributed by atoms with Gasteiger partial charge < -0.3 is 15.3 Å². The molecule has 0 fully saturated rings. The molecule has 0 aliphatic rings. The van der Waals surface area contributed by atoms with Crippen molar-refractivity contribution in [2.24, 2.45) is 11.7 Å². The van der Waals surface area contributed by atoms with Gasteiger partial charge in [-0.3, -0.25) is 4.79 Å². The summed E-state index contributed by atoms with van der Waals surface area (Å²) in [5, 5.41) is 10.7. The van der Waals surface area contributed by atoms with Crippen LogP contribution in [-0.4, -0.2) is 11.0 Å². The fraction of sp³-hybridized carbons (Fsp3) is 0.286. The number of carbonyl (C=O) groups is 1. The van der Waals surface area contributed by atoms with Crippen molar-refractivity contribution in [3.8, 4) is 0 Å². The summed E-state index contributed by atoms with van der Waals surface area (Å²) in [5.74, 6) is -1.53. The number of hydrogen-bond acceptors (Lipinski definition) is 4. The third-order valence-corrected chi connectivity index (χ3v) is 3.16. The maximum absolute atomic E-state index is 11.8. The SMILES string of the molecule is Cc1ccc2oc(=O)c(C(O)C(C)C(N)=O)cc2c1. The molecule has 100 valence electrons. The molecule has 19 heavy (non-hydrogen) atoms. The van der Waals surface area contributed by atoms with E-state index in [4.69, 9.17) is 10.2 Å². The highest BCUT2D eigenvalue weighted by atomic mass is 16.4. The lowest BCUT2D eigenvalue weighted by Crippen LogP contribution is -2.28. The Kier molecular flexibility index (Phi) is 3.40. The zero-order chi connectivity index (χ0) is 14.2. The molecule has 3 N–H and O–H groups in total. The summed E-state index contributed by atoms with van der Waals surface area (Å²) in [4.78, 5) is 22.9. The van der Waals surface area contributed by atoms with Crippen LogP contribution in [0.25, 0.3) is 11.0 Å². The van der Waals surface area contributed by atoms with E-state index < -0.39 is 23.6 Å². The topological polar surface area (TPSA) is 93.5 Å². The van der Waals surface area contributed by atoms with Gasteiger partial charge in [-0.15, -0.1) is 0 Å². The summed E-state index contributed by atoms with van der Waals surface area (Å²) >= 11 is 0. The molecule has 2 unspecified atom stereocenters. The molecule has 5 nitrogen and oxygen atoms in total. The van der Waals surface area contributed by atoms with Gasteiger partial charge in [0.25, 0.3) is 0 Å². The number of benzene rings is 1. The second kappa shape index (κ2) is 4.85. The molecule has 0 spiro atoms. The Hall–Kier alpha value is -2.14. The van der Waals surface area contributed by atoms with Crippen molar-refractivity contribution in [2.75, 3.05) is 0 Å². The molecule has 0 aliphatic carbocycles. The standard InChI is InChI=1S/C14H15NO4/c1-7-3-4-11-9(5-7)6-10(14(18)19-11)12(16)8(2)13(15)17/h3-6,8,12,16H,1-2H3,(H2,15,17). The van der Waals surface area contributed by atoms with Gasteiger partial charge in [0, 0.05) is 5.39 Å². The van der Waals surface area contributed by atoms with Gasteiger partial charge in [-0.2, -0.15) is 0 Å². The molecule has 0 bridgehead atoms. The molecule has 0 radical (unpaired) electrons. The van der Waals surface area contributed by atoms with Crippen LogP contribution in [0.15, 0.2) is 33.5 Å². The third kappa shape index (κ3) is 2.51. The van der Waals surface area contributed by atoms with Crippen LogP contribution in [0.4, 0.5) is 0 Å². The van der Waals surface area contributed by atoms with Gasteiger partial charge in [0.1, 0.15) is 5.58 Å². The zero-order valence-electron chi connectivity index (χ0n) is 10.7. The van der Waals surface area contributed by atoms with E-state index in [0.717, 1.165) is 5.56 Å². The number of rotatable bonds is 3. The lowest BCUT2D eigenvalue weighted by Gasteiger charge is -2.15. The average molecular weight is 261 g/mol. The fourth-order valence-corrected chi connectivity index (χ4v) is 1.89. The fourth-order valence-electron chi connectivity index (χ4n) is 1.89. The average Bonchev–Trinajstić information content (AvgIpc) is 2.36. The number of aliphatic hydroxyl groups is 1. The largest absolute Gasteiger partial charge is 0.422 e. The summed E-state index contributed by atoms with van der Waals surface area (Å²) in [5.41, 5.74) is 5.97. The Balaban J connectivity index is 2.57. The monoisotopic (exact) mass is 261 g/mol. The Bertz CT molecular complexity index is 689. The number of primary amides is 1. The molecule has 0 saturated heterocycles. The Morgan fingerprint density at radius 3 is 2.68 bits per heavy atom. The second-order valence-electron chi connectivity index (χ2n) is 4.67. The van der Waals surface area contributed by atoms with Crippen molar-refractivity contribution >= 4 is 16.9 Å². The summed E-state index contributed by atoms with van der Waals surface area (Å²) in [6.45, 7) is 3.37. The van der Waals surface area contributed by atoms with Crippen LogP contribution in [0.3, 0.4) is 0 Å². The molecule has 1 amide bonds. The van der Waals surface area contributed by atoms with Crippen LogP contribution in [0, 0.1) is 12.8 Å². The van der Waals surface area contributed by atoms with Crippen molar-refractivity contribution in [3.05, 3.63) is 45.8 Å². The second-order valence-corrected chi connectivity index (χ2v) is 4.67. The number of nitrogens with two attached hydrogens (primary N) is 1. The molecule has 2 aromatic rings. The lowest BCUT2D eigenvalue weighted by atomic mass is 9.97. The van der Waals surface area contributed by atoms with E-state index in [1.807, 2.05) is 19.1 Å². The minimum atomic E-state index is -1.27. The summed E-state index contributed by atoms with van der Waals surface area (Å²) < 4.78 is 5.13. The Morgan fingerprint density at radius 2 is 2.05 bits per heavy atom.